The van der Waals surface area contributed by atoms with E-state index < -0.39 is 0 Å². The van der Waals surface area contributed by atoms with E-state index in [1.165, 1.54) is 31.3 Å². The number of carbonyl (C=O) groups excluding carboxylic acids is 1. The van der Waals surface area contributed by atoms with Crippen LogP contribution in [0.15, 0.2) is 24.0 Å². The molecule has 4 nitrogen and oxygen atoms in total. The Balaban J connectivity index is 1.78. The molecule has 0 saturated carbocycles. The Morgan fingerprint density at radius 2 is 2.32 bits per heavy atom. The van der Waals surface area contributed by atoms with Crippen molar-refractivity contribution in [3.63, 3.8) is 0 Å². The number of nitrogens with zero attached hydrogens (tertiary/aromatic N) is 2. The molecule has 19 heavy (non-hydrogen) atoms. The van der Waals surface area contributed by atoms with Gasteiger partial charge in [-0.1, -0.05) is 11.6 Å². The number of hydrogen-bond donors (Lipinski definition) is 1. The molecular weight excluding hydrogens is 238 g/mol. The lowest BCUT2D eigenvalue weighted by Crippen LogP contribution is -2.24. The summed E-state index contributed by atoms with van der Waals surface area (Å²) in [6.45, 7) is 4.81. The first-order chi connectivity index (χ1) is 9.16. The topological polar surface area (TPSA) is 46.9 Å². The third-order valence-electron chi connectivity index (χ3n) is 3.51. The van der Waals surface area contributed by atoms with E-state index in [2.05, 4.69) is 16.5 Å². The van der Waals surface area contributed by atoms with Gasteiger partial charge in [-0.05, 0) is 46.0 Å². The largest absolute Gasteiger partial charge is 0.352 e. The summed E-state index contributed by atoms with van der Waals surface area (Å²) in [6, 6.07) is 0.286. The van der Waals surface area contributed by atoms with Gasteiger partial charge in [-0.2, -0.15) is 5.10 Å². The highest BCUT2D eigenvalue weighted by molar-refractivity contribution is 5.93. The number of amides is 1. The first kappa shape index (κ1) is 13.8. The summed E-state index contributed by atoms with van der Waals surface area (Å²) in [5.41, 5.74) is 2.13. The number of aromatic nitrogens is 2. The van der Waals surface area contributed by atoms with Crippen molar-refractivity contribution in [3.05, 3.63) is 29.6 Å². The van der Waals surface area contributed by atoms with E-state index in [0.29, 0.717) is 5.56 Å². The van der Waals surface area contributed by atoms with Gasteiger partial charge in [0.05, 0.1) is 11.8 Å². The van der Waals surface area contributed by atoms with Gasteiger partial charge in [0.15, 0.2) is 0 Å². The van der Waals surface area contributed by atoms with Gasteiger partial charge in [-0.15, -0.1) is 0 Å². The monoisotopic (exact) mass is 261 g/mol. The fourth-order valence-corrected chi connectivity index (χ4v) is 2.31. The summed E-state index contributed by atoms with van der Waals surface area (Å²) in [6.07, 6.45) is 11.7. The van der Waals surface area contributed by atoms with Crippen LogP contribution < -0.4 is 5.32 Å². The first-order valence-corrected chi connectivity index (χ1v) is 7.17. The van der Waals surface area contributed by atoms with Crippen LogP contribution in [0, 0.1) is 0 Å². The standard InChI is InChI=1S/C15H23N3O/c1-12(2)18-11-14(10-17-18)15(19)16-9-8-13-6-4-3-5-7-13/h6,10-12H,3-5,7-9H2,1-2H3,(H,16,19). The molecular formula is C15H23N3O. The van der Waals surface area contributed by atoms with Crippen molar-refractivity contribution in [2.45, 2.75) is 52.0 Å². The molecule has 0 fully saturated rings. The fourth-order valence-electron chi connectivity index (χ4n) is 2.31. The Morgan fingerprint density at radius 1 is 1.47 bits per heavy atom. The average molecular weight is 261 g/mol. The van der Waals surface area contributed by atoms with Crippen LogP contribution >= 0.6 is 0 Å². The van der Waals surface area contributed by atoms with E-state index in [0.717, 1.165) is 13.0 Å². The number of nitrogens with one attached hydrogen (secondary N) is 1. The number of allylic oxidation sites excluding steroid dienone is 1. The number of rotatable bonds is 5. The van der Waals surface area contributed by atoms with Crippen LogP contribution in [0.25, 0.3) is 0 Å². The second kappa shape index (κ2) is 6.55. The van der Waals surface area contributed by atoms with E-state index in [-0.39, 0.29) is 11.9 Å². The summed E-state index contributed by atoms with van der Waals surface area (Å²) < 4.78 is 1.80. The van der Waals surface area contributed by atoms with Crippen molar-refractivity contribution in [1.29, 1.82) is 0 Å². The average Bonchev–Trinajstić information content (AvgIpc) is 2.89. The van der Waals surface area contributed by atoms with Gasteiger partial charge in [0, 0.05) is 18.8 Å². The summed E-state index contributed by atoms with van der Waals surface area (Å²) in [5, 5.41) is 7.14. The van der Waals surface area contributed by atoms with Crippen molar-refractivity contribution in [3.8, 4) is 0 Å². The van der Waals surface area contributed by atoms with Crippen molar-refractivity contribution in [2.75, 3.05) is 6.54 Å². The van der Waals surface area contributed by atoms with Gasteiger partial charge in [0.1, 0.15) is 0 Å². The van der Waals surface area contributed by atoms with Crippen LogP contribution in [0.4, 0.5) is 0 Å². The highest BCUT2D eigenvalue weighted by Gasteiger charge is 2.10. The lowest BCUT2D eigenvalue weighted by atomic mass is 9.97. The Labute approximate surface area is 114 Å². The highest BCUT2D eigenvalue weighted by atomic mass is 16.1. The third kappa shape index (κ3) is 3.94. The molecule has 1 aromatic heterocycles. The SMILES string of the molecule is CC(C)n1cc(C(=O)NCCC2=CCCCC2)cn1. The maximum Gasteiger partial charge on any atom is 0.254 e. The molecule has 1 amide bonds. The molecule has 1 heterocycles. The van der Waals surface area contributed by atoms with Crippen LogP contribution in [0.3, 0.4) is 0 Å². The lowest BCUT2D eigenvalue weighted by Gasteiger charge is -2.12. The second-order valence-corrected chi connectivity index (χ2v) is 5.42. The molecule has 2 rings (SSSR count). The van der Waals surface area contributed by atoms with Crippen molar-refractivity contribution in [2.24, 2.45) is 0 Å². The van der Waals surface area contributed by atoms with Gasteiger partial charge in [-0.3, -0.25) is 9.48 Å². The first-order valence-electron chi connectivity index (χ1n) is 7.17. The maximum absolute atomic E-state index is 11.9. The van der Waals surface area contributed by atoms with E-state index >= 15 is 0 Å². The molecule has 1 N–H and O–H groups in total. The lowest BCUT2D eigenvalue weighted by molar-refractivity contribution is 0.0954. The van der Waals surface area contributed by atoms with Gasteiger partial charge in [0.25, 0.3) is 5.91 Å². The van der Waals surface area contributed by atoms with Crippen LogP contribution in [-0.2, 0) is 0 Å². The van der Waals surface area contributed by atoms with E-state index in [4.69, 9.17) is 0 Å². The van der Waals surface area contributed by atoms with Gasteiger partial charge in [0.2, 0.25) is 0 Å². The van der Waals surface area contributed by atoms with Gasteiger partial charge >= 0.3 is 0 Å². The molecule has 1 aliphatic carbocycles. The molecule has 0 spiro atoms. The molecule has 4 heteroatoms. The van der Waals surface area contributed by atoms with Crippen molar-refractivity contribution in [1.82, 2.24) is 15.1 Å². The van der Waals surface area contributed by atoms with Gasteiger partial charge in [-0.25, -0.2) is 0 Å². The molecule has 0 atom stereocenters. The molecule has 1 aliphatic rings. The fraction of sp³-hybridized carbons (Fsp3) is 0.600. The minimum absolute atomic E-state index is 0.0247. The quantitative estimate of drug-likeness (QED) is 0.828. The molecule has 0 aromatic carbocycles. The van der Waals surface area contributed by atoms with E-state index in [1.54, 1.807) is 17.1 Å². The molecule has 0 unspecified atom stereocenters. The Hall–Kier alpha value is -1.58. The van der Waals surface area contributed by atoms with Crippen LogP contribution in [0.5, 0.6) is 0 Å². The molecule has 1 aromatic rings. The number of hydrogen-bond acceptors (Lipinski definition) is 2. The second-order valence-electron chi connectivity index (χ2n) is 5.42. The molecule has 0 saturated heterocycles. The van der Waals surface area contributed by atoms with Crippen molar-refractivity contribution < 1.29 is 4.79 Å². The Morgan fingerprint density at radius 3 is 2.95 bits per heavy atom. The predicted molar refractivity (Wildman–Crippen MR) is 76.1 cm³/mol. The summed E-state index contributed by atoms with van der Waals surface area (Å²) in [4.78, 5) is 11.9. The normalized spacial score (nSPS) is 15.4. The third-order valence-corrected chi connectivity index (χ3v) is 3.51. The molecule has 104 valence electrons. The van der Waals surface area contributed by atoms with Gasteiger partial charge < -0.3 is 5.32 Å². The number of carbonyl (C=O) groups is 1. The van der Waals surface area contributed by atoms with E-state index in [1.807, 2.05) is 13.8 Å². The van der Waals surface area contributed by atoms with Crippen LogP contribution in [-0.4, -0.2) is 22.2 Å². The van der Waals surface area contributed by atoms with E-state index in [9.17, 15) is 4.79 Å². The highest BCUT2D eigenvalue weighted by Crippen LogP contribution is 2.19. The zero-order chi connectivity index (χ0) is 13.7. The molecule has 0 bridgehead atoms. The minimum atomic E-state index is -0.0247. The predicted octanol–water partition coefficient (Wildman–Crippen LogP) is 3.08. The smallest absolute Gasteiger partial charge is 0.254 e. The van der Waals surface area contributed by atoms with Crippen LogP contribution in [0.2, 0.25) is 0 Å². The maximum atomic E-state index is 11.9. The summed E-state index contributed by atoms with van der Waals surface area (Å²) in [5.74, 6) is -0.0247. The molecule has 0 radical (unpaired) electrons. The zero-order valence-electron chi connectivity index (χ0n) is 11.9. The van der Waals surface area contributed by atoms with Crippen LogP contribution in [0.1, 0.15) is 62.4 Å². The zero-order valence-corrected chi connectivity index (χ0v) is 11.9. The summed E-state index contributed by atoms with van der Waals surface area (Å²) >= 11 is 0. The summed E-state index contributed by atoms with van der Waals surface area (Å²) in [7, 11) is 0. The minimum Gasteiger partial charge on any atom is -0.352 e. The van der Waals surface area contributed by atoms with Crippen molar-refractivity contribution >= 4 is 5.91 Å². The molecule has 0 aliphatic heterocycles. The Kier molecular flexibility index (Phi) is 4.77. The Bertz CT molecular complexity index is 460.